The van der Waals surface area contributed by atoms with Crippen LogP contribution in [0.4, 0.5) is 0 Å². The van der Waals surface area contributed by atoms with Crippen LogP contribution >= 0.6 is 0 Å². The number of aromatic nitrogens is 2. The van der Waals surface area contributed by atoms with Crippen LogP contribution in [0.3, 0.4) is 0 Å². The summed E-state index contributed by atoms with van der Waals surface area (Å²) in [5.74, 6) is 2.21. The van der Waals surface area contributed by atoms with Gasteiger partial charge in [0.25, 0.3) is 5.91 Å². The second-order valence-corrected chi connectivity index (χ2v) is 7.30. The standard InChI is InChI=1S/C23H25N3O2/c1-18-14-24-23(20-8-4-2-5-9-20)26(18)16-19-12-13-25(15-19)22(27)17-28-21-10-6-3-7-11-21/h2-11,14,19H,12-13,15-17H2,1H3. The molecule has 1 aliphatic heterocycles. The number of likely N-dealkylation sites (tertiary alicyclic amines) is 1. The molecular weight excluding hydrogens is 350 g/mol. The van der Waals surface area contributed by atoms with Gasteiger partial charge in [0.05, 0.1) is 0 Å². The van der Waals surface area contributed by atoms with Gasteiger partial charge in [-0.25, -0.2) is 4.98 Å². The third-order valence-electron chi connectivity index (χ3n) is 5.27. The van der Waals surface area contributed by atoms with E-state index in [9.17, 15) is 4.79 Å². The topological polar surface area (TPSA) is 47.4 Å². The molecule has 2 heterocycles. The number of rotatable bonds is 6. The van der Waals surface area contributed by atoms with E-state index < -0.39 is 0 Å². The van der Waals surface area contributed by atoms with Gasteiger partial charge in [-0.3, -0.25) is 4.79 Å². The van der Waals surface area contributed by atoms with Crippen LogP contribution in [0.25, 0.3) is 11.4 Å². The highest BCUT2D eigenvalue weighted by Gasteiger charge is 2.27. The summed E-state index contributed by atoms with van der Waals surface area (Å²) in [4.78, 5) is 19.0. The summed E-state index contributed by atoms with van der Waals surface area (Å²) in [5.41, 5.74) is 2.27. The average Bonchev–Trinajstić information content (AvgIpc) is 3.35. The average molecular weight is 375 g/mol. The minimum atomic E-state index is 0.0528. The van der Waals surface area contributed by atoms with Crippen molar-refractivity contribution in [3.63, 3.8) is 0 Å². The van der Waals surface area contributed by atoms with Crippen molar-refractivity contribution >= 4 is 5.91 Å². The van der Waals surface area contributed by atoms with Crippen molar-refractivity contribution in [3.05, 3.63) is 72.6 Å². The number of imidazole rings is 1. The van der Waals surface area contributed by atoms with Gasteiger partial charge in [0, 0.05) is 37.1 Å². The lowest BCUT2D eigenvalue weighted by molar-refractivity contribution is -0.132. The van der Waals surface area contributed by atoms with Crippen molar-refractivity contribution in [1.29, 1.82) is 0 Å². The van der Waals surface area contributed by atoms with Gasteiger partial charge in [-0.1, -0.05) is 48.5 Å². The first-order chi connectivity index (χ1) is 13.7. The molecule has 3 aromatic rings. The summed E-state index contributed by atoms with van der Waals surface area (Å²) in [7, 11) is 0. The Hall–Kier alpha value is -3.08. The number of aryl methyl sites for hydroxylation is 1. The van der Waals surface area contributed by atoms with Gasteiger partial charge < -0.3 is 14.2 Å². The van der Waals surface area contributed by atoms with Crippen molar-refractivity contribution in [2.45, 2.75) is 19.9 Å². The molecule has 1 unspecified atom stereocenters. The summed E-state index contributed by atoms with van der Waals surface area (Å²) in [6.45, 7) is 4.61. The molecular formula is C23H25N3O2. The van der Waals surface area contributed by atoms with Crippen molar-refractivity contribution in [3.8, 4) is 17.1 Å². The molecule has 0 spiro atoms. The molecule has 1 fully saturated rings. The molecule has 1 atom stereocenters. The molecule has 0 N–H and O–H groups in total. The number of carbonyl (C=O) groups excluding carboxylic acids is 1. The van der Waals surface area contributed by atoms with Gasteiger partial charge in [-0.2, -0.15) is 0 Å². The van der Waals surface area contributed by atoms with Crippen molar-refractivity contribution in [1.82, 2.24) is 14.5 Å². The number of hydrogen-bond acceptors (Lipinski definition) is 3. The Morgan fingerprint density at radius 3 is 2.57 bits per heavy atom. The van der Waals surface area contributed by atoms with Crippen molar-refractivity contribution in [2.24, 2.45) is 5.92 Å². The molecule has 0 bridgehead atoms. The van der Waals surface area contributed by atoms with Crippen molar-refractivity contribution in [2.75, 3.05) is 19.7 Å². The van der Waals surface area contributed by atoms with Crippen LogP contribution in [0.2, 0.25) is 0 Å². The molecule has 1 amide bonds. The number of para-hydroxylation sites is 1. The molecule has 0 aliphatic carbocycles. The summed E-state index contributed by atoms with van der Waals surface area (Å²) in [5, 5.41) is 0. The van der Waals surface area contributed by atoms with Crippen LogP contribution in [0.15, 0.2) is 66.9 Å². The number of nitrogens with zero attached hydrogens (tertiary/aromatic N) is 3. The Bertz CT molecular complexity index is 922. The van der Waals surface area contributed by atoms with E-state index in [1.807, 2.05) is 59.6 Å². The molecule has 2 aromatic carbocycles. The zero-order valence-electron chi connectivity index (χ0n) is 16.1. The van der Waals surface area contributed by atoms with Crippen LogP contribution in [-0.2, 0) is 11.3 Å². The maximum absolute atomic E-state index is 12.5. The molecule has 1 saturated heterocycles. The lowest BCUT2D eigenvalue weighted by Gasteiger charge is -2.18. The van der Waals surface area contributed by atoms with Gasteiger partial charge >= 0.3 is 0 Å². The van der Waals surface area contributed by atoms with Gasteiger partial charge in [-0.15, -0.1) is 0 Å². The predicted molar refractivity (Wildman–Crippen MR) is 109 cm³/mol. The molecule has 0 radical (unpaired) electrons. The highest BCUT2D eigenvalue weighted by molar-refractivity contribution is 5.78. The predicted octanol–water partition coefficient (Wildman–Crippen LogP) is 3.79. The minimum absolute atomic E-state index is 0.0528. The molecule has 1 aromatic heterocycles. The monoisotopic (exact) mass is 375 g/mol. The Morgan fingerprint density at radius 1 is 1.11 bits per heavy atom. The molecule has 28 heavy (non-hydrogen) atoms. The van der Waals surface area contributed by atoms with Crippen LogP contribution < -0.4 is 4.74 Å². The summed E-state index contributed by atoms with van der Waals surface area (Å²) >= 11 is 0. The molecule has 144 valence electrons. The SMILES string of the molecule is Cc1cnc(-c2ccccc2)n1CC1CCN(C(=O)COc2ccccc2)C1. The van der Waals surface area contributed by atoms with E-state index in [1.54, 1.807) is 0 Å². The second-order valence-electron chi connectivity index (χ2n) is 7.30. The normalized spacial score (nSPS) is 16.3. The third kappa shape index (κ3) is 4.09. The highest BCUT2D eigenvalue weighted by atomic mass is 16.5. The first-order valence-electron chi connectivity index (χ1n) is 9.74. The van der Waals surface area contributed by atoms with Gasteiger partial charge in [0.2, 0.25) is 0 Å². The Morgan fingerprint density at radius 2 is 1.82 bits per heavy atom. The molecule has 5 nitrogen and oxygen atoms in total. The number of benzene rings is 2. The molecule has 5 heteroatoms. The lowest BCUT2D eigenvalue weighted by atomic mass is 10.1. The number of ether oxygens (including phenoxy) is 1. The largest absolute Gasteiger partial charge is 0.484 e. The Labute approximate surface area is 165 Å². The molecule has 1 aliphatic rings. The zero-order chi connectivity index (χ0) is 19.3. The fourth-order valence-corrected chi connectivity index (χ4v) is 3.73. The summed E-state index contributed by atoms with van der Waals surface area (Å²) < 4.78 is 7.88. The van der Waals surface area contributed by atoms with E-state index in [-0.39, 0.29) is 12.5 Å². The Kier molecular flexibility index (Phi) is 5.42. The third-order valence-corrected chi connectivity index (χ3v) is 5.27. The van der Waals surface area contributed by atoms with Crippen molar-refractivity contribution < 1.29 is 9.53 Å². The van der Waals surface area contributed by atoms with Gasteiger partial charge in [0.15, 0.2) is 6.61 Å². The summed E-state index contributed by atoms with van der Waals surface area (Å²) in [6.07, 6.45) is 2.93. The van der Waals surface area contributed by atoms with Crippen LogP contribution in [0.1, 0.15) is 12.1 Å². The quantitative estimate of drug-likeness (QED) is 0.659. The lowest BCUT2D eigenvalue weighted by Crippen LogP contribution is -2.33. The highest BCUT2D eigenvalue weighted by Crippen LogP contribution is 2.24. The minimum Gasteiger partial charge on any atom is -0.484 e. The summed E-state index contributed by atoms with van der Waals surface area (Å²) in [6, 6.07) is 19.7. The van der Waals surface area contributed by atoms with E-state index in [0.717, 1.165) is 48.9 Å². The van der Waals surface area contributed by atoms with E-state index in [1.165, 1.54) is 0 Å². The fraction of sp³-hybridized carbons (Fsp3) is 0.304. The van der Waals surface area contributed by atoms with Crippen LogP contribution in [-0.4, -0.2) is 40.1 Å². The van der Waals surface area contributed by atoms with Gasteiger partial charge in [0.1, 0.15) is 11.6 Å². The smallest absolute Gasteiger partial charge is 0.260 e. The fourth-order valence-electron chi connectivity index (χ4n) is 3.73. The number of carbonyl (C=O) groups is 1. The van der Waals surface area contributed by atoms with E-state index in [0.29, 0.717) is 5.92 Å². The second kappa shape index (κ2) is 8.30. The number of hydrogen-bond donors (Lipinski definition) is 0. The first kappa shape index (κ1) is 18.3. The van der Waals surface area contributed by atoms with Crippen LogP contribution in [0, 0.1) is 12.8 Å². The van der Waals surface area contributed by atoms with Crippen LogP contribution in [0.5, 0.6) is 5.75 Å². The van der Waals surface area contributed by atoms with E-state index in [4.69, 9.17) is 4.74 Å². The zero-order valence-corrected chi connectivity index (χ0v) is 16.1. The number of amides is 1. The maximum atomic E-state index is 12.5. The first-order valence-corrected chi connectivity index (χ1v) is 9.74. The van der Waals surface area contributed by atoms with E-state index in [2.05, 4.69) is 28.6 Å². The Balaban J connectivity index is 1.36. The molecule has 0 saturated carbocycles. The molecule has 4 rings (SSSR count). The van der Waals surface area contributed by atoms with Gasteiger partial charge in [-0.05, 0) is 31.4 Å². The maximum Gasteiger partial charge on any atom is 0.260 e. The van der Waals surface area contributed by atoms with E-state index >= 15 is 0 Å².